The van der Waals surface area contributed by atoms with Gasteiger partial charge in [-0.05, 0) is 119 Å². The number of rotatable bonds is 12. The first-order valence-corrected chi connectivity index (χ1v) is 24.8. The molecule has 4 aliphatic rings. The van der Waals surface area contributed by atoms with Gasteiger partial charge in [-0.1, -0.05) is 36.4 Å². The number of anilines is 5. The molecule has 1 spiro atoms. The SMILES string of the molecule is CCc1cc(Nc2ncc(Cl)c(Nc3cnccc3P(C)(C)=O)n2)c(OC)cc1N1CCC2(CCN(CCCC#Cc3cccc4c3CN(C3CCC(=O)NC3=O)C4=O)CC2)CC1. The molecule has 8 rings (SSSR count). The van der Waals surface area contributed by atoms with Crippen molar-refractivity contribution in [2.75, 3.05) is 68.7 Å². The fraction of sp³-hybridized carbons (Fsp3) is 0.447. The highest BCUT2D eigenvalue weighted by Crippen LogP contribution is 2.44. The molecule has 2 aromatic carbocycles. The van der Waals surface area contributed by atoms with Gasteiger partial charge in [0, 0.05) is 66.9 Å². The smallest absolute Gasteiger partial charge is 0.255 e. The first kappa shape index (κ1) is 44.1. The number of methoxy groups -OCH3 is 1. The Balaban J connectivity index is 0.830. The first-order chi connectivity index (χ1) is 30.3. The van der Waals surface area contributed by atoms with Gasteiger partial charge < -0.3 is 34.6 Å². The minimum absolute atomic E-state index is 0.176. The van der Waals surface area contributed by atoms with E-state index >= 15 is 0 Å². The number of aromatic nitrogens is 3. The number of unbranched alkanes of at least 4 members (excludes halogenated alkanes) is 1. The van der Waals surface area contributed by atoms with Crippen LogP contribution < -0.4 is 30.9 Å². The number of piperidine rings is 3. The third-order valence-corrected chi connectivity index (χ3v) is 14.9. The van der Waals surface area contributed by atoms with E-state index in [1.165, 1.54) is 30.3 Å². The summed E-state index contributed by atoms with van der Waals surface area (Å²) in [7, 11) is -0.922. The summed E-state index contributed by atoms with van der Waals surface area (Å²) in [6, 6.07) is 11.0. The first-order valence-electron chi connectivity index (χ1n) is 21.8. The maximum Gasteiger partial charge on any atom is 0.255 e. The largest absolute Gasteiger partial charge is 0.494 e. The van der Waals surface area contributed by atoms with Crippen molar-refractivity contribution in [1.82, 2.24) is 30.1 Å². The van der Waals surface area contributed by atoms with Crippen molar-refractivity contribution in [3.8, 4) is 17.6 Å². The number of benzene rings is 2. The standard InChI is InChI=1S/C47H55ClN9O5P/c1-5-31-26-36(52-46-50-28-35(48)43(54-46)51-37-29-49-20-15-41(37)63(3,4)61)40(62-2)27-39(31)56-24-18-47(19-25-56)16-22-55(23-17-47)21-8-6-7-10-32-11-9-12-33-34(32)30-57(45(33)60)38-13-14-42(58)53-44(38)59/h9,11-12,15,20,26-29,38H,5-6,8,13-14,16-19,21-25,30H2,1-4H3,(H,53,58,59)(H2,50,51,52,54). The van der Waals surface area contributed by atoms with Crippen molar-refractivity contribution in [1.29, 1.82) is 0 Å². The average molecular weight is 892 g/mol. The number of imide groups is 1. The Morgan fingerprint density at radius 3 is 2.52 bits per heavy atom. The van der Waals surface area contributed by atoms with E-state index in [4.69, 9.17) is 16.3 Å². The molecule has 2 aromatic heterocycles. The van der Waals surface area contributed by atoms with Gasteiger partial charge in [0.1, 0.15) is 24.0 Å². The van der Waals surface area contributed by atoms with Gasteiger partial charge in [0.25, 0.3) is 5.91 Å². The number of fused-ring (bicyclic) bond motifs is 1. The summed E-state index contributed by atoms with van der Waals surface area (Å²) < 4.78 is 18.9. The molecule has 4 aromatic rings. The molecule has 14 nitrogen and oxygen atoms in total. The van der Waals surface area contributed by atoms with Crippen molar-refractivity contribution < 1.29 is 23.7 Å². The molecule has 330 valence electrons. The van der Waals surface area contributed by atoms with Crippen molar-refractivity contribution in [3.05, 3.63) is 82.3 Å². The molecule has 1 atom stereocenters. The second-order valence-corrected chi connectivity index (χ2v) is 21.0. The summed E-state index contributed by atoms with van der Waals surface area (Å²) in [5, 5.41) is 9.91. The van der Waals surface area contributed by atoms with Gasteiger partial charge in [-0.25, -0.2) is 4.98 Å². The highest BCUT2D eigenvalue weighted by atomic mass is 35.5. The Morgan fingerprint density at radius 2 is 1.79 bits per heavy atom. The molecule has 63 heavy (non-hydrogen) atoms. The van der Waals surface area contributed by atoms with Crippen LogP contribution in [0.4, 0.5) is 28.8 Å². The van der Waals surface area contributed by atoms with Gasteiger partial charge >= 0.3 is 0 Å². The molecule has 16 heteroatoms. The molecule has 3 fully saturated rings. The monoisotopic (exact) mass is 891 g/mol. The van der Waals surface area contributed by atoms with Crippen LogP contribution in [-0.2, 0) is 27.1 Å². The summed E-state index contributed by atoms with van der Waals surface area (Å²) in [6.45, 7) is 11.1. The normalized spacial score (nSPS) is 18.7. The number of hydrogen-bond acceptors (Lipinski definition) is 12. The van der Waals surface area contributed by atoms with Crippen LogP contribution in [0.3, 0.4) is 0 Å². The van der Waals surface area contributed by atoms with Crippen LogP contribution in [0.2, 0.25) is 5.02 Å². The van der Waals surface area contributed by atoms with Gasteiger partial charge in [-0.3, -0.25) is 24.7 Å². The summed E-state index contributed by atoms with van der Waals surface area (Å²) in [5.74, 6) is 7.20. The van der Waals surface area contributed by atoms with E-state index in [0.717, 1.165) is 81.6 Å². The van der Waals surface area contributed by atoms with E-state index in [2.05, 4.69) is 71.6 Å². The number of halogens is 1. The second-order valence-electron chi connectivity index (χ2n) is 17.4. The predicted molar refractivity (Wildman–Crippen MR) is 247 cm³/mol. The number of nitrogens with zero attached hydrogens (tertiary/aromatic N) is 6. The van der Waals surface area contributed by atoms with Crippen molar-refractivity contribution >= 4 is 70.6 Å². The minimum atomic E-state index is -2.60. The van der Waals surface area contributed by atoms with Crippen molar-refractivity contribution in [2.24, 2.45) is 5.41 Å². The fourth-order valence-corrected chi connectivity index (χ4v) is 10.7. The predicted octanol–water partition coefficient (Wildman–Crippen LogP) is 7.11. The van der Waals surface area contributed by atoms with Crippen LogP contribution >= 0.6 is 18.7 Å². The number of carbonyl (C=O) groups excluding carboxylic acids is 3. The lowest BCUT2D eigenvalue weighted by Crippen LogP contribution is -2.52. The van der Waals surface area contributed by atoms with Gasteiger partial charge in [0.15, 0.2) is 5.82 Å². The number of carbonyl (C=O) groups is 3. The van der Waals surface area contributed by atoms with E-state index in [1.807, 2.05) is 12.1 Å². The van der Waals surface area contributed by atoms with Crippen LogP contribution in [0.15, 0.2) is 55.0 Å². The molecular formula is C47H55ClN9O5P. The number of pyridine rings is 1. The van der Waals surface area contributed by atoms with E-state index < -0.39 is 19.1 Å². The van der Waals surface area contributed by atoms with Gasteiger partial charge in [0.2, 0.25) is 17.8 Å². The fourth-order valence-electron chi connectivity index (χ4n) is 9.40. The highest BCUT2D eigenvalue weighted by molar-refractivity contribution is 7.70. The van der Waals surface area contributed by atoms with Crippen LogP contribution in [0.25, 0.3) is 0 Å². The maximum absolute atomic E-state index is 13.2. The van der Waals surface area contributed by atoms with Crippen LogP contribution in [0, 0.1) is 17.3 Å². The second kappa shape index (κ2) is 18.7. The zero-order valence-corrected chi connectivity index (χ0v) is 38.1. The third-order valence-electron chi connectivity index (χ3n) is 13.1. The van der Waals surface area contributed by atoms with Crippen molar-refractivity contribution in [3.63, 3.8) is 0 Å². The topological polar surface area (TPSA) is 162 Å². The molecule has 0 bridgehead atoms. The number of nitrogens with one attached hydrogen (secondary N) is 3. The summed E-state index contributed by atoms with van der Waals surface area (Å²) in [4.78, 5) is 57.3. The van der Waals surface area contributed by atoms with Crippen LogP contribution in [0.5, 0.6) is 5.75 Å². The molecule has 0 aliphatic carbocycles. The summed E-state index contributed by atoms with van der Waals surface area (Å²) >= 11 is 6.52. The van der Waals surface area contributed by atoms with Crippen LogP contribution in [-0.4, -0.2) is 102 Å². The van der Waals surface area contributed by atoms with E-state index in [1.54, 1.807) is 49.9 Å². The number of ether oxygens (including phenoxy) is 1. The lowest BCUT2D eigenvalue weighted by Gasteiger charge is -2.47. The Hall–Kier alpha value is -5.48. The Bertz CT molecular complexity index is 2520. The average Bonchev–Trinajstić information content (AvgIpc) is 3.61. The van der Waals surface area contributed by atoms with Gasteiger partial charge in [0.05, 0.1) is 30.9 Å². The van der Waals surface area contributed by atoms with E-state index in [9.17, 15) is 18.9 Å². The number of aryl methyl sites for hydroxylation is 1. The Morgan fingerprint density at radius 1 is 1.02 bits per heavy atom. The van der Waals surface area contributed by atoms with E-state index in [0.29, 0.717) is 57.5 Å². The molecule has 0 radical (unpaired) electrons. The Labute approximate surface area is 374 Å². The lowest BCUT2D eigenvalue weighted by atomic mass is 9.71. The molecule has 3 N–H and O–H groups in total. The highest BCUT2D eigenvalue weighted by Gasteiger charge is 2.40. The molecule has 3 amide bonds. The minimum Gasteiger partial charge on any atom is -0.494 e. The van der Waals surface area contributed by atoms with E-state index in [-0.39, 0.29) is 18.2 Å². The number of amides is 3. The molecule has 0 saturated carbocycles. The summed E-state index contributed by atoms with van der Waals surface area (Å²) in [6.07, 6.45) is 12.6. The molecule has 6 heterocycles. The lowest BCUT2D eigenvalue weighted by molar-refractivity contribution is -0.136. The number of hydrogen-bond donors (Lipinski definition) is 3. The number of likely N-dealkylation sites (tertiary alicyclic amines) is 1. The summed E-state index contributed by atoms with van der Waals surface area (Å²) in [5.41, 5.74) is 6.38. The molecule has 4 aliphatic heterocycles. The zero-order valence-electron chi connectivity index (χ0n) is 36.4. The van der Waals surface area contributed by atoms with Crippen molar-refractivity contribution in [2.45, 2.75) is 77.3 Å². The third kappa shape index (κ3) is 9.71. The molecular weight excluding hydrogens is 837 g/mol. The zero-order chi connectivity index (χ0) is 44.3. The Kier molecular flexibility index (Phi) is 13.1. The quantitative estimate of drug-likeness (QED) is 0.0574. The maximum atomic E-state index is 13.2. The van der Waals surface area contributed by atoms with Gasteiger partial charge in [-0.15, -0.1) is 0 Å². The molecule has 1 unspecified atom stereocenters. The van der Waals surface area contributed by atoms with Gasteiger partial charge in [-0.2, -0.15) is 4.98 Å². The van der Waals surface area contributed by atoms with Crippen LogP contribution in [0.1, 0.15) is 85.3 Å². The molecule has 3 saturated heterocycles.